The van der Waals surface area contributed by atoms with Gasteiger partial charge in [0.1, 0.15) is 12.7 Å². The van der Waals surface area contributed by atoms with E-state index in [-0.39, 0.29) is 11.8 Å². The lowest BCUT2D eigenvalue weighted by Gasteiger charge is -2.16. The molecule has 0 unspecified atom stereocenters. The van der Waals surface area contributed by atoms with E-state index >= 15 is 0 Å². The molecule has 2 heterocycles. The van der Waals surface area contributed by atoms with E-state index < -0.39 is 10.0 Å². The molecule has 0 saturated carbocycles. The highest BCUT2D eigenvalue weighted by Crippen LogP contribution is 2.24. The Morgan fingerprint density at radius 2 is 2.27 bits per heavy atom. The fourth-order valence-corrected chi connectivity index (χ4v) is 4.18. The summed E-state index contributed by atoms with van der Waals surface area (Å²) in [6, 6.07) is 8.75. The third-order valence-electron chi connectivity index (χ3n) is 3.74. The van der Waals surface area contributed by atoms with E-state index in [1.807, 2.05) is 6.07 Å². The zero-order chi connectivity index (χ0) is 15.6. The van der Waals surface area contributed by atoms with Crippen LogP contribution in [-0.4, -0.2) is 40.6 Å². The molecule has 22 heavy (non-hydrogen) atoms. The second-order valence-corrected chi connectivity index (χ2v) is 7.21. The van der Waals surface area contributed by atoms with Gasteiger partial charge in [0.2, 0.25) is 10.0 Å². The summed E-state index contributed by atoms with van der Waals surface area (Å²) in [6.07, 6.45) is 3.78. The number of sulfonamides is 1. The van der Waals surface area contributed by atoms with Crippen LogP contribution in [0.3, 0.4) is 0 Å². The number of aromatic nitrogens is 3. The molecule has 3 rings (SSSR count). The largest absolute Gasteiger partial charge is 0.249 e. The summed E-state index contributed by atoms with van der Waals surface area (Å²) in [4.78, 5) is 3.89. The first-order chi connectivity index (χ1) is 10.6. The van der Waals surface area contributed by atoms with Gasteiger partial charge in [-0.3, -0.25) is 0 Å². The minimum absolute atomic E-state index is 0.0303. The number of hydrogen-bond acceptors (Lipinski definition) is 5. The second kappa shape index (κ2) is 5.87. The summed E-state index contributed by atoms with van der Waals surface area (Å²) in [6.45, 7) is 0.883. The van der Waals surface area contributed by atoms with E-state index in [4.69, 9.17) is 5.26 Å². The predicted molar refractivity (Wildman–Crippen MR) is 79.0 cm³/mol. The van der Waals surface area contributed by atoms with E-state index in [0.717, 1.165) is 6.42 Å². The van der Waals surface area contributed by atoms with Gasteiger partial charge in [0.15, 0.2) is 0 Å². The van der Waals surface area contributed by atoms with Gasteiger partial charge >= 0.3 is 0 Å². The Bertz CT molecular complexity index is 795. The van der Waals surface area contributed by atoms with Gasteiger partial charge in [0.05, 0.1) is 23.4 Å². The zero-order valence-corrected chi connectivity index (χ0v) is 12.6. The normalized spacial score (nSPS) is 19.1. The molecule has 1 fully saturated rings. The van der Waals surface area contributed by atoms with Crippen molar-refractivity contribution in [3.05, 3.63) is 48.0 Å². The maximum Gasteiger partial charge on any atom is 0.218 e. The minimum Gasteiger partial charge on any atom is -0.249 e. The van der Waals surface area contributed by atoms with Gasteiger partial charge in [-0.05, 0) is 24.1 Å². The molecule has 0 bridgehead atoms. The Labute approximate surface area is 128 Å². The number of nitriles is 1. The van der Waals surface area contributed by atoms with Crippen molar-refractivity contribution in [3.63, 3.8) is 0 Å². The summed E-state index contributed by atoms with van der Waals surface area (Å²) in [7, 11) is -3.40. The fourth-order valence-electron chi connectivity index (χ4n) is 2.62. The average Bonchev–Trinajstić information content (AvgIpc) is 3.18. The van der Waals surface area contributed by atoms with E-state index in [2.05, 4.69) is 10.1 Å². The van der Waals surface area contributed by atoms with Crippen LogP contribution in [0.4, 0.5) is 0 Å². The molecular formula is C14H15N5O2S. The van der Waals surface area contributed by atoms with Crippen molar-refractivity contribution < 1.29 is 8.42 Å². The standard InChI is InChI=1S/C14H15N5O2S/c15-7-12-2-1-3-13(6-12)9-22(20,21)18-5-4-14(8-18)19-11-16-10-17-19/h1-3,6,10-11,14H,4-5,8-9H2/t14-/m0/s1. The maximum absolute atomic E-state index is 12.5. The SMILES string of the molecule is N#Cc1cccc(CS(=O)(=O)N2CC[C@H](n3cncn3)C2)c1. The minimum atomic E-state index is -3.40. The number of hydrogen-bond donors (Lipinski definition) is 0. The lowest BCUT2D eigenvalue weighted by molar-refractivity contribution is 0.433. The molecule has 1 aliphatic rings. The quantitative estimate of drug-likeness (QED) is 0.836. The molecule has 2 aromatic rings. The summed E-state index contributed by atoms with van der Waals surface area (Å²) < 4.78 is 28.2. The molecule has 7 nitrogen and oxygen atoms in total. The van der Waals surface area contributed by atoms with Crippen molar-refractivity contribution in [1.29, 1.82) is 5.26 Å². The zero-order valence-electron chi connectivity index (χ0n) is 11.8. The molecule has 0 radical (unpaired) electrons. The summed E-state index contributed by atoms with van der Waals surface area (Å²) in [5.41, 5.74) is 1.10. The second-order valence-electron chi connectivity index (χ2n) is 5.24. The van der Waals surface area contributed by atoms with Crippen LogP contribution in [0.5, 0.6) is 0 Å². The Balaban J connectivity index is 1.72. The van der Waals surface area contributed by atoms with E-state index in [9.17, 15) is 8.42 Å². The van der Waals surface area contributed by atoms with Gasteiger partial charge in [-0.2, -0.15) is 14.7 Å². The molecule has 0 amide bonds. The topological polar surface area (TPSA) is 91.9 Å². The number of nitrogens with zero attached hydrogens (tertiary/aromatic N) is 5. The highest BCUT2D eigenvalue weighted by Gasteiger charge is 2.32. The van der Waals surface area contributed by atoms with E-state index in [0.29, 0.717) is 24.2 Å². The van der Waals surface area contributed by atoms with Crippen LogP contribution in [0.15, 0.2) is 36.9 Å². The van der Waals surface area contributed by atoms with Crippen LogP contribution in [0.25, 0.3) is 0 Å². The lowest BCUT2D eigenvalue weighted by atomic mass is 10.2. The van der Waals surface area contributed by atoms with Gasteiger partial charge < -0.3 is 0 Å². The Hall–Kier alpha value is -2.24. The van der Waals surface area contributed by atoms with Gasteiger partial charge in [0, 0.05) is 13.1 Å². The van der Waals surface area contributed by atoms with Crippen LogP contribution >= 0.6 is 0 Å². The lowest BCUT2D eigenvalue weighted by Crippen LogP contribution is -2.30. The van der Waals surface area contributed by atoms with Crippen LogP contribution in [0.2, 0.25) is 0 Å². The molecule has 1 saturated heterocycles. The van der Waals surface area contributed by atoms with Gasteiger partial charge in [0.25, 0.3) is 0 Å². The molecular weight excluding hydrogens is 302 g/mol. The highest BCUT2D eigenvalue weighted by atomic mass is 32.2. The van der Waals surface area contributed by atoms with Gasteiger partial charge in [-0.15, -0.1) is 0 Å². The number of benzene rings is 1. The van der Waals surface area contributed by atoms with Gasteiger partial charge in [-0.25, -0.2) is 18.1 Å². The molecule has 1 aliphatic heterocycles. The van der Waals surface area contributed by atoms with Crippen molar-refractivity contribution in [2.24, 2.45) is 0 Å². The first-order valence-corrected chi connectivity index (χ1v) is 8.50. The fraction of sp³-hybridized carbons (Fsp3) is 0.357. The summed E-state index contributed by atoms with van der Waals surface area (Å²) in [5, 5.41) is 13.0. The van der Waals surface area contributed by atoms with Crippen molar-refractivity contribution in [2.45, 2.75) is 18.2 Å². The van der Waals surface area contributed by atoms with Crippen LogP contribution in [0.1, 0.15) is 23.6 Å². The van der Waals surface area contributed by atoms with Crippen LogP contribution < -0.4 is 0 Å². The first kappa shape index (κ1) is 14.7. The van der Waals surface area contributed by atoms with Crippen molar-refractivity contribution in [1.82, 2.24) is 19.1 Å². The Kier molecular flexibility index (Phi) is 3.92. The Morgan fingerprint density at radius 3 is 3.00 bits per heavy atom. The molecule has 8 heteroatoms. The van der Waals surface area contributed by atoms with Crippen LogP contribution in [-0.2, 0) is 15.8 Å². The molecule has 0 N–H and O–H groups in total. The molecule has 1 atom stereocenters. The highest BCUT2D eigenvalue weighted by molar-refractivity contribution is 7.88. The van der Waals surface area contributed by atoms with Crippen molar-refractivity contribution in [3.8, 4) is 6.07 Å². The van der Waals surface area contributed by atoms with E-state index in [1.165, 1.54) is 10.6 Å². The monoisotopic (exact) mass is 317 g/mol. The summed E-state index contributed by atoms with van der Waals surface area (Å²) in [5.74, 6) is -0.0907. The smallest absolute Gasteiger partial charge is 0.218 e. The van der Waals surface area contributed by atoms with Crippen molar-refractivity contribution >= 4 is 10.0 Å². The molecule has 0 aliphatic carbocycles. The third-order valence-corrected chi connectivity index (χ3v) is 5.55. The first-order valence-electron chi connectivity index (χ1n) is 6.89. The van der Waals surface area contributed by atoms with Gasteiger partial charge in [-0.1, -0.05) is 12.1 Å². The maximum atomic E-state index is 12.5. The van der Waals surface area contributed by atoms with Crippen LogP contribution in [0, 0.1) is 11.3 Å². The van der Waals surface area contributed by atoms with E-state index in [1.54, 1.807) is 35.3 Å². The molecule has 114 valence electrons. The molecule has 1 aromatic heterocycles. The summed E-state index contributed by atoms with van der Waals surface area (Å²) >= 11 is 0. The third kappa shape index (κ3) is 3.00. The molecule has 1 aromatic carbocycles. The predicted octanol–water partition coefficient (Wildman–Crippen LogP) is 0.927. The molecule has 0 spiro atoms. The average molecular weight is 317 g/mol. The number of rotatable bonds is 4. The Morgan fingerprint density at radius 1 is 1.41 bits per heavy atom. The van der Waals surface area contributed by atoms with Crippen molar-refractivity contribution in [2.75, 3.05) is 13.1 Å².